The van der Waals surface area contributed by atoms with E-state index in [-0.39, 0.29) is 17.9 Å². The molecular formula is C12H11BrCl3NO3. The van der Waals surface area contributed by atoms with Crippen LogP contribution in [0.15, 0.2) is 16.6 Å². The molecule has 0 atom stereocenters. The SMILES string of the molecule is CCOC(=O)Nc1c(C)cc(Br)cc1C(=O)C(Cl)(Cl)Cl. The van der Waals surface area contributed by atoms with Crippen LogP contribution in [0.1, 0.15) is 22.8 Å². The van der Waals surface area contributed by atoms with Gasteiger partial charge in [0.25, 0.3) is 3.79 Å². The monoisotopic (exact) mass is 401 g/mol. The third kappa shape index (κ3) is 4.52. The molecule has 1 aromatic carbocycles. The number of rotatable bonds is 3. The molecule has 0 bridgehead atoms. The Labute approximate surface area is 139 Å². The molecule has 0 fully saturated rings. The molecule has 0 heterocycles. The van der Waals surface area contributed by atoms with Gasteiger partial charge in [0, 0.05) is 10.0 Å². The summed E-state index contributed by atoms with van der Waals surface area (Å²) < 4.78 is 3.29. The first kappa shape index (κ1) is 17.6. The molecule has 0 aliphatic heterocycles. The summed E-state index contributed by atoms with van der Waals surface area (Å²) in [7, 11) is 0. The second kappa shape index (κ2) is 6.98. The van der Waals surface area contributed by atoms with Gasteiger partial charge < -0.3 is 4.74 Å². The van der Waals surface area contributed by atoms with Gasteiger partial charge in [-0.1, -0.05) is 50.7 Å². The Kier molecular flexibility index (Phi) is 6.13. The first-order valence-electron chi connectivity index (χ1n) is 5.52. The van der Waals surface area contributed by atoms with Crippen LogP contribution in [0.5, 0.6) is 0 Å². The van der Waals surface area contributed by atoms with Crippen molar-refractivity contribution in [2.45, 2.75) is 17.6 Å². The zero-order valence-electron chi connectivity index (χ0n) is 10.6. The van der Waals surface area contributed by atoms with Gasteiger partial charge in [-0.15, -0.1) is 0 Å². The molecule has 1 amide bonds. The van der Waals surface area contributed by atoms with Crippen LogP contribution in [0, 0.1) is 6.92 Å². The second-order valence-electron chi connectivity index (χ2n) is 3.82. The van der Waals surface area contributed by atoms with Crippen LogP contribution in [-0.2, 0) is 4.74 Å². The Balaban J connectivity index is 3.28. The van der Waals surface area contributed by atoms with Gasteiger partial charge in [0.1, 0.15) is 0 Å². The molecule has 0 aliphatic rings. The summed E-state index contributed by atoms with van der Waals surface area (Å²) in [5.41, 5.74) is 0.970. The summed E-state index contributed by atoms with van der Waals surface area (Å²) in [5, 5.41) is 2.48. The summed E-state index contributed by atoms with van der Waals surface area (Å²) in [5.74, 6) is -0.737. The number of hydrogen-bond donors (Lipinski definition) is 1. The van der Waals surface area contributed by atoms with Gasteiger partial charge >= 0.3 is 6.09 Å². The molecule has 0 unspecified atom stereocenters. The van der Waals surface area contributed by atoms with Gasteiger partial charge in [-0.25, -0.2) is 4.79 Å². The number of carbonyl (C=O) groups is 2. The molecule has 4 nitrogen and oxygen atoms in total. The minimum atomic E-state index is -2.11. The van der Waals surface area contributed by atoms with Crippen LogP contribution in [0.3, 0.4) is 0 Å². The fourth-order valence-corrected chi connectivity index (χ4v) is 2.39. The molecule has 0 aromatic heterocycles. The van der Waals surface area contributed by atoms with E-state index in [9.17, 15) is 9.59 Å². The maximum Gasteiger partial charge on any atom is 0.411 e. The van der Waals surface area contributed by atoms with Crippen molar-refractivity contribution in [1.82, 2.24) is 0 Å². The number of halogens is 4. The number of anilines is 1. The quantitative estimate of drug-likeness (QED) is 0.578. The molecule has 0 saturated carbocycles. The lowest BCUT2D eigenvalue weighted by atomic mass is 10.0. The Morgan fingerprint density at radius 2 is 1.95 bits per heavy atom. The third-order valence-electron chi connectivity index (χ3n) is 2.30. The van der Waals surface area contributed by atoms with Gasteiger partial charge in [0.05, 0.1) is 12.3 Å². The molecule has 8 heteroatoms. The molecule has 0 radical (unpaired) electrons. The fourth-order valence-electron chi connectivity index (χ4n) is 1.51. The van der Waals surface area contributed by atoms with Gasteiger partial charge in [-0.2, -0.15) is 0 Å². The van der Waals surface area contributed by atoms with Crippen molar-refractivity contribution in [3.63, 3.8) is 0 Å². The molecule has 0 aliphatic carbocycles. The molecule has 1 rings (SSSR count). The molecular weight excluding hydrogens is 392 g/mol. The molecule has 20 heavy (non-hydrogen) atoms. The van der Waals surface area contributed by atoms with E-state index >= 15 is 0 Å². The molecule has 0 spiro atoms. The van der Waals surface area contributed by atoms with Crippen LogP contribution in [-0.4, -0.2) is 22.3 Å². The fraction of sp³-hybridized carbons (Fsp3) is 0.333. The second-order valence-corrected chi connectivity index (χ2v) is 7.01. The van der Waals surface area contributed by atoms with Crippen LogP contribution in [0.4, 0.5) is 10.5 Å². The predicted molar refractivity (Wildman–Crippen MR) is 84.1 cm³/mol. The summed E-state index contributed by atoms with van der Waals surface area (Å²) in [6.07, 6.45) is -0.684. The third-order valence-corrected chi connectivity index (χ3v) is 3.28. The average molecular weight is 403 g/mol. The van der Waals surface area contributed by atoms with Crippen molar-refractivity contribution in [2.75, 3.05) is 11.9 Å². The zero-order chi connectivity index (χ0) is 15.5. The molecule has 0 saturated heterocycles. The summed E-state index contributed by atoms with van der Waals surface area (Å²) in [6.45, 7) is 3.58. The molecule has 1 aromatic rings. The van der Waals surface area contributed by atoms with Gasteiger partial charge in [-0.3, -0.25) is 10.1 Å². The number of benzene rings is 1. The highest BCUT2D eigenvalue weighted by molar-refractivity contribution is 9.10. The van der Waals surface area contributed by atoms with E-state index in [4.69, 9.17) is 39.5 Å². The number of ether oxygens (including phenoxy) is 1. The van der Waals surface area contributed by atoms with Crippen molar-refractivity contribution in [1.29, 1.82) is 0 Å². The molecule has 1 N–H and O–H groups in total. The maximum atomic E-state index is 12.1. The first-order valence-corrected chi connectivity index (χ1v) is 7.45. The Hall–Kier alpha value is -0.490. The van der Waals surface area contributed by atoms with Gasteiger partial charge in [0.2, 0.25) is 5.78 Å². The van der Waals surface area contributed by atoms with E-state index in [0.717, 1.165) is 0 Å². The topological polar surface area (TPSA) is 55.4 Å². The number of Topliss-reactive ketones (excluding diaryl/α,β-unsaturated/α-hetero) is 1. The highest BCUT2D eigenvalue weighted by atomic mass is 79.9. The lowest BCUT2D eigenvalue weighted by molar-refractivity contribution is 0.0997. The highest BCUT2D eigenvalue weighted by Crippen LogP contribution is 2.35. The van der Waals surface area contributed by atoms with E-state index in [2.05, 4.69) is 21.2 Å². The molecule has 110 valence electrons. The number of carbonyl (C=O) groups excluding carboxylic acids is 2. The average Bonchev–Trinajstić information content (AvgIpc) is 2.30. The van der Waals surface area contributed by atoms with E-state index in [0.29, 0.717) is 10.0 Å². The number of nitrogens with one attached hydrogen (secondary N) is 1. The van der Waals surface area contributed by atoms with Crippen molar-refractivity contribution in [3.8, 4) is 0 Å². The van der Waals surface area contributed by atoms with E-state index in [1.54, 1.807) is 19.9 Å². The Morgan fingerprint density at radius 1 is 1.35 bits per heavy atom. The number of alkyl halides is 3. The van der Waals surface area contributed by atoms with Crippen LogP contribution in [0.2, 0.25) is 0 Å². The predicted octanol–water partition coefficient (Wildman–Crippen LogP) is 4.88. The summed E-state index contributed by atoms with van der Waals surface area (Å²) in [4.78, 5) is 23.6. The summed E-state index contributed by atoms with van der Waals surface area (Å²) in [6, 6.07) is 3.19. The van der Waals surface area contributed by atoms with E-state index < -0.39 is 15.7 Å². The van der Waals surface area contributed by atoms with Crippen LogP contribution in [0.25, 0.3) is 0 Å². The number of hydrogen-bond acceptors (Lipinski definition) is 3. The van der Waals surface area contributed by atoms with Gasteiger partial charge in [-0.05, 0) is 31.5 Å². The summed E-state index contributed by atoms with van der Waals surface area (Å²) >= 11 is 20.1. The van der Waals surface area contributed by atoms with Crippen molar-refractivity contribution >= 4 is 68.3 Å². The smallest absolute Gasteiger partial charge is 0.411 e. The Bertz CT molecular complexity index is 543. The lowest BCUT2D eigenvalue weighted by Crippen LogP contribution is -2.23. The zero-order valence-corrected chi connectivity index (χ0v) is 14.5. The number of ketones is 1. The van der Waals surface area contributed by atoms with Gasteiger partial charge in [0.15, 0.2) is 0 Å². The number of amides is 1. The van der Waals surface area contributed by atoms with E-state index in [1.165, 1.54) is 6.07 Å². The highest BCUT2D eigenvalue weighted by Gasteiger charge is 2.34. The van der Waals surface area contributed by atoms with Crippen LogP contribution >= 0.6 is 50.7 Å². The van der Waals surface area contributed by atoms with Crippen molar-refractivity contribution in [2.24, 2.45) is 0 Å². The van der Waals surface area contributed by atoms with E-state index in [1.807, 2.05) is 0 Å². The maximum absolute atomic E-state index is 12.1. The normalized spacial score (nSPS) is 11.1. The minimum Gasteiger partial charge on any atom is -0.450 e. The first-order chi connectivity index (χ1) is 9.16. The van der Waals surface area contributed by atoms with Crippen molar-refractivity contribution < 1.29 is 14.3 Å². The van der Waals surface area contributed by atoms with Crippen molar-refractivity contribution in [3.05, 3.63) is 27.7 Å². The minimum absolute atomic E-state index is 0.0879. The lowest BCUT2D eigenvalue weighted by Gasteiger charge is -2.16. The van der Waals surface area contributed by atoms with Crippen LogP contribution < -0.4 is 5.32 Å². The Morgan fingerprint density at radius 3 is 2.45 bits per heavy atom. The largest absolute Gasteiger partial charge is 0.450 e. The number of aryl methyl sites for hydroxylation is 1. The standard InChI is InChI=1S/C12H11BrCl3NO3/c1-3-20-11(19)17-9-6(2)4-7(13)5-8(9)10(18)12(14,15)16/h4-5H,3H2,1-2H3,(H,17,19).